The number of anilines is 2. The number of carbonyl (C=O) groups excluding carboxylic acids is 1. The Balaban J connectivity index is 0.000000251. The predicted octanol–water partition coefficient (Wildman–Crippen LogP) is 8.01. The highest BCUT2D eigenvalue weighted by molar-refractivity contribution is 6.30. The number of carboxylic acid groups (broad SMARTS) is 1. The van der Waals surface area contributed by atoms with E-state index >= 15 is 0 Å². The predicted molar refractivity (Wildman–Crippen MR) is 141 cm³/mol. The fraction of sp³-hybridized carbons (Fsp3) is 0.0769. The topological polar surface area (TPSA) is 118 Å². The van der Waals surface area contributed by atoms with Crippen LogP contribution in [-0.4, -0.2) is 27.0 Å². The van der Waals surface area contributed by atoms with Gasteiger partial charge < -0.3 is 16.2 Å². The number of carboxylic acids is 1. The Kier molecular flexibility index (Phi) is 11.8. The monoisotopic (exact) mass is 654 g/mol. The third-order valence-electron chi connectivity index (χ3n) is 4.79. The van der Waals surface area contributed by atoms with Crippen LogP contribution in [-0.2, 0) is 12.4 Å². The number of halogens is 10. The molecule has 228 valence electrons. The van der Waals surface area contributed by atoms with Gasteiger partial charge in [0, 0.05) is 29.3 Å². The minimum absolute atomic E-state index is 0.114. The molecule has 2 aromatic carbocycles. The molecular formula is C26H16Cl2F8N4O3. The van der Waals surface area contributed by atoms with E-state index in [2.05, 4.69) is 15.3 Å². The van der Waals surface area contributed by atoms with Crippen LogP contribution in [0.2, 0.25) is 10.3 Å². The summed E-state index contributed by atoms with van der Waals surface area (Å²) in [6, 6.07) is 9.54. The van der Waals surface area contributed by atoms with Gasteiger partial charge in [0.05, 0.1) is 16.7 Å². The van der Waals surface area contributed by atoms with Crippen LogP contribution in [0.25, 0.3) is 0 Å². The molecule has 1 amide bonds. The summed E-state index contributed by atoms with van der Waals surface area (Å²) in [4.78, 5) is 29.6. The molecular weight excluding hydrogens is 639 g/mol. The molecule has 7 nitrogen and oxygen atoms in total. The smallest absolute Gasteiger partial charge is 0.419 e. The Morgan fingerprint density at radius 2 is 1.19 bits per heavy atom. The second kappa shape index (κ2) is 14.6. The molecule has 0 atom stereocenters. The van der Waals surface area contributed by atoms with Crippen LogP contribution < -0.4 is 11.1 Å². The van der Waals surface area contributed by atoms with Gasteiger partial charge in [-0.3, -0.25) is 4.79 Å². The first-order valence-corrected chi connectivity index (χ1v) is 11.9. The summed E-state index contributed by atoms with van der Waals surface area (Å²) < 4.78 is 99.6. The number of amides is 1. The number of alkyl halides is 6. The van der Waals surface area contributed by atoms with Crippen molar-refractivity contribution in [3.05, 3.63) is 117 Å². The van der Waals surface area contributed by atoms with Gasteiger partial charge in [0.1, 0.15) is 21.9 Å². The van der Waals surface area contributed by atoms with Gasteiger partial charge in [-0.15, -0.1) is 0 Å². The molecule has 0 aliphatic rings. The molecule has 4 aromatic rings. The minimum Gasteiger partial charge on any atom is -0.478 e. The van der Waals surface area contributed by atoms with Crippen molar-refractivity contribution in [1.82, 2.24) is 9.97 Å². The zero-order valence-electron chi connectivity index (χ0n) is 20.9. The number of aromatic carboxylic acids is 1. The summed E-state index contributed by atoms with van der Waals surface area (Å²) in [7, 11) is 0. The van der Waals surface area contributed by atoms with Gasteiger partial charge in [-0.1, -0.05) is 23.2 Å². The molecule has 4 rings (SSSR count). The van der Waals surface area contributed by atoms with E-state index in [9.17, 15) is 44.7 Å². The zero-order valence-corrected chi connectivity index (χ0v) is 22.5. The van der Waals surface area contributed by atoms with Crippen molar-refractivity contribution in [3.63, 3.8) is 0 Å². The molecule has 0 radical (unpaired) electrons. The fourth-order valence-corrected chi connectivity index (χ4v) is 3.22. The summed E-state index contributed by atoms with van der Waals surface area (Å²) in [5.74, 6) is -5.27. The molecule has 43 heavy (non-hydrogen) atoms. The molecule has 0 spiro atoms. The number of pyridine rings is 2. The third-order valence-corrected chi connectivity index (χ3v) is 5.20. The van der Waals surface area contributed by atoms with Crippen LogP contribution in [0.4, 0.5) is 46.5 Å². The molecule has 0 saturated heterocycles. The lowest BCUT2D eigenvalue weighted by Gasteiger charge is -2.10. The van der Waals surface area contributed by atoms with Crippen LogP contribution in [0.3, 0.4) is 0 Å². The number of nitrogen functional groups attached to an aromatic ring is 1. The SMILES string of the molecule is Nc1ccnc(Cl)c1.O=C(Nc1ccnc(Cl)c1)c1ccc(F)c(C(F)(F)F)c1.O=C(O)c1ccc(F)c(C(F)(F)F)c1. The number of hydrogen-bond acceptors (Lipinski definition) is 5. The highest BCUT2D eigenvalue weighted by atomic mass is 35.5. The van der Waals surface area contributed by atoms with Crippen molar-refractivity contribution >= 4 is 46.5 Å². The van der Waals surface area contributed by atoms with Crippen molar-refractivity contribution in [1.29, 1.82) is 0 Å². The normalized spacial score (nSPS) is 10.9. The van der Waals surface area contributed by atoms with Gasteiger partial charge in [-0.2, -0.15) is 26.3 Å². The first kappa shape index (κ1) is 34.7. The van der Waals surface area contributed by atoms with Crippen LogP contribution in [0.1, 0.15) is 31.8 Å². The molecule has 4 N–H and O–H groups in total. The number of hydrogen-bond donors (Lipinski definition) is 3. The maximum atomic E-state index is 13.1. The maximum Gasteiger partial charge on any atom is 0.419 e. The quantitative estimate of drug-likeness (QED) is 0.152. The van der Waals surface area contributed by atoms with Gasteiger partial charge in [-0.05, 0) is 60.7 Å². The number of nitrogens with zero attached hydrogens (tertiary/aromatic N) is 2. The number of carbonyl (C=O) groups is 2. The second-order valence-electron chi connectivity index (χ2n) is 7.92. The van der Waals surface area contributed by atoms with E-state index in [0.717, 1.165) is 12.1 Å². The summed E-state index contributed by atoms with van der Waals surface area (Å²) in [6.45, 7) is 0. The minimum atomic E-state index is -4.88. The largest absolute Gasteiger partial charge is 0.478 e. The van der Waals surface area contributed by atoms with Gasteiger partial charge in [-0.25, -0.2) is 23.5 Å². The Labute approximate surface area is 246 Å². The standard InChI is InChI=1S/C13H7ClF4N2O.C8H4F4O2.C5H5ClN2/c14-11-6-8(3-4-19-11)20-12(21)7-1-2-10(15)9(5-7)13(16,17)18;9-6-2-1-4(7(13)14)3-5(6)8(10,11)12;6-5-3-4(7)1-2-8-5/h1-6H,(H,19,20,21);1-3H,(H,13,14);1-3H,(H2,7,8). The number of nitrogens with two attached hydrogens (primary N) is 1. The average Bonchev–Trinajstić information content (AvgIpc) is 2.88. The molecule has 0 aliphatic heterocycles. The number of benzene rings is 2. The van der Waals surface area contributed by atoms with Crippen LogP contribution in [0.15, 0.2) is 73.1 Å². The van der Waals surface area contributed by atoms with Crippen molar-refractivity contribution < 1.29 is 49.8 Å². The van der Waals surface area contributed by atoms with Gasteiger partial charge in [0.2, 0.25) is 0 Å². The summed E-state index contributed by atoms with van der Waals surface area (Å²) in [6.07, 6.45) is -6.86. The molecule has 0 unspecified atom stereocenters. The molecule has 0 fully saturated rings. The lowest BCUT2D eigenvalue weighted by Crippen LogP contribution is -2.15. The average molecular weight is 655 g/mol. The van der Waals surface area contributed by atoms with E-state index in [1.54, 1.807) is 18.3 Å². The van der Waals surface area contributed by atoms with E-state index < -0.39 is 52.6 Å². The lowest BCUT2D eigenvalue weighted by atomic mass is 10.1. The van der Waals surface area contributed by atoms with E-state index in [0.29, 0.717) is 29.0 Å². The van der Waals surface area contributed by atoms with Crippen molar-refractivity contribution in [2.45, 2.75) is 12.4 Å². The van der Waals surface area contributed by atoms with E-state index in [4.69, 9.17) is 34.0 Å². The van der Waals surface area contributed by atoms with Crippen LogP contribution >= 0.6 is 23.2 Å². The fourth-order valence-electron chi connectivity index (χ4n) is 2.86. The van der Waals surface area contributed by atoms with Crippen molar-refractivity contribution in [3.8, 4) is 0 Å². The zero-order chi connectivity index (χ0) is 32.5. The number of nitrogens with one attached hydrogen (secondary N) is 1. The van der Waals surface area contributed by atoms with E-state index in [-0.39, 0.29) is 22.5 Å². The Morgan fingerprint density at radius 1 is 0.721 bits per heavy atom. The Morgan fingerprint density at radius 3 is 1.60 bits per heavy atom. The highest BCUT2D eigenvalue weighted by Crippen LogP contribution is 2.33. The van der Waals surface area contributed by atoms with Crippen molar-refractivity contribution in [2.24, 2.45) is 0 Å². The van der Waals surface area contributed by atoms with Gasteiger partial charge >= 0.3 is 18.3 Å². The second-order valence-corrected chi connectivity index (χ2v) is 8.70. The maximum absolute atomic E-state index is 13.1. The van der Waals surface area contributed by atoms with E-state index in [1.807, 2.05) is 0 Å². The summed E-state index contributed by atoms with van der Waals surface area (Å²) >= 11 is 11.1. The van der Waals surface area contributed by atoms with Crippen LogP contribution in [0.5, 0.6) is 0 Å². The van der Waals surface area contributed by atoms with Crippen molar-refractivity contribution in [2.75, 3.05) is 11.1 Å². The molecule has 0 bridgehead atoms. The summed E-state index contributed by atoms with van der Waals surface area (Å²) in [5, 5.41) is 11.3. The van der Waals surface area contributed by atoms with Gasteiger partial charge in [0.25, 0.3) is 5.91 Å². The number of aromatic nitrogens is 2. The molecule has 2 heterocycles. The van der Waals surface area contributed by atoms with Gasteiger partial charge in [0.15, 0.2) is 0 Å². The number of rotatable bonds is 3. The lowest BCUT2D eigenvalue weighted by molar-refractivity contribution is -0.140. The Bertz CT molecular complexity index is 1580. The van der Waals surface area contributed by atoms with Crippen LogP contribution in [0, 0.1) is 11.6 Å². The molecule has 0 aliphatic carbocycles. The van der Waals surface area contributed by atoms with E-state index in [1.165, 1.54) is 18.3 Å². The molecule has 0 saturated carbocycles. The first-order chi connectivity index (χ1) is 19.9. The Hall–Kier alpha value is -4.50. The third kappa shape index (κ3) is 11.0. The molecule has 2 aromatic heterocycles. The summed E-state index contributed by atoms with van der Waals surface area (Å²) in [5.41, 5.74) is 2.25. The molecule has 17 heteroatoms. The first-order valence-electron chi connectivity index (χ1n) is 11.1. The highest BCUT2D eigenvalue weighted by Gasteiger charge is 2.35.